The number of ether oxygens (including phenoxy) is 2. The maximum Gasteiger partial charge on any atom is 0.160 e. The minimum absolute atomic E-state index is 0.770. The molecule has 0 aliphatic heterocycles. The Morgan fingerprint density at radius 1 is 1.00 bits per heavy atom. The molecule has 4 heteroatoms. The van der Waals surface area contributed by atoms with E-state index in [1.807, 2.05) is 12.1 Å². The van der Waals surface area contributed by atoms with Gasteiger partial charge in [0, 0.05) is 30.2 Å². The van der Waals surface area contributed by atoms with Crippen LogP contribution in [0.3, 0.4) is 0 Å². The first kappa shape index (κ1) is 17.4. The van der Waals surface area contributed by atoms with E-state index in [4.69, 9.17) is 9.47 Å². The van der Waals surface area contributed by atoms with Crippen LogP contribution in [0.2, 0.25) is 0 Å². The summed E-state index contributed by atoms with van der Waals surface area (Å²) in [6.45, 7) is 4.97. The molecule has 0 unspecified atom stereocenters. The lowest BCUT2D eigenvalue weighted by molar-refractivity contribution is 0.354. The van der Waals surface area contributed by atoms with Gasteiger partial charge in [-0.1, -0.05) is 24.3 Å². The summed E-state index contributed by atoms with van der Waals surface area (Å²) in [5, 5.41) is 4.90. The number of aryl methyl sites for hydroxylation is 1. The van der Waals surface area contributed by atoms with Crippen molar-refractivity contribution in [2.75, 3.05) is 20.8 Å². The maximum atomic E-state index is 5.37. The standard InChI is InChI=1S/C21H26N2O2/c1-4-23-15-17(18-7-5-6-8-19(18)23)14-22-12-11-16-9-10-20(24-2)21(13-16)25-3/h5-10,13,15,22H,4,11-12,14H2,1-3H3. The van der Waals surface area contributed by atoms with Crippen molar-refractivity contribution < 1.29 is 9.47 Å². The number of nitrogens with one attached hydrogen (secondary N) is 1. The van der Waals surface area contributed by atoms with E-state index in [9.17, 15) is 0 Å². The minimum atomic E-state index is 0.770. The van der Waals surface area contributed by atoms with Gasteiger partial charge in [0.05, 0.1) is 14.2 Å². The zero-order chi connectivity index (χ0) is 17.6. The van der Waals surface area contributed by atoms with E-state index in [1.165, 1.54) is 22.0 Å². The van der Waals surface area contributed by atoms with Gasteiger partial charge in [-0.3, -0.25) is 0 Å². The molecular formula is C21H26N2O2. The van der Waals surface area contributed by atoms with Gasteiger partial charge in [-0.2, -0.15) is 0 Å². The molecule has 0 saturated carbocycles. The van der Waals surface area contributed by atoms with Crippen LogP contribution in [0, 0.1) is 0 Å². The molecule has 3 rings (SSSR count). The van der Waals surface area contributed by atoms with Crippen molar-refractivity contribution in [3.05, 3.63) is 59.8 Å². The number of methoxy groups -OCH3 is 2. The van der Waals surface area contributed by atoms with Crippen LogP contribution >= 0.6 is 0 Å². The van der Waals surface area contributed by atoms with Gasteiger partial charge in [-0.25, -0.2) is 0 Å². The van der Waals surface area contributed by atoms with Crippen molar-refractivity contribution in [3.8, 4) is 11.5 Å². The van der Waals surface area contributed by atoms with Gasteiger partial charge < -0.3 is 19.4 Å². The van der Waals surface area contributed by atoms with Crippen LogP contribution in [0.25, 0.3) is 10.9 Å². The van der Waals surface area contributed by atoms with E-state index in [2.05, 4.69) is 53.3 Å². The molecule has 1 aromatic heterocycles. The van der Waals surface area contributed by atoms with Crippen LogP contribution in [0.1, 0.15) is 18.1 Å². The van der Waals surface area contributed by atoms with Crippen LogP contribution in [-0.2, 0) is 19.5 Å². The second-order valence-corrected chi connectivity index (χ2v) is 6.07. The molecule has 0 atom stereocenters. The molecule has 0 aliphatic rings. The third-order valence-corrected chi connectivity index (χ3v) is 4.57. The molecule has 0 spiro atoms. The topological polar surface area (TPSA) is 35.4 Å². The molecule has 2 aromatic carbocycles. The van der Waals surface area contributed by atoms with E-state index in [1.54, 1.807) is 14.2 Å². The second kappa shape index (κ2) is 8.08. The molecule has 0 bridgehead atoms. The highest BCUT2D eigenvalue weighted by Gasteiger charge is 2.07. The van der Waals surface area contributed by atoms with Gasteiger partial charge >= 0.3 is 0 Å². The maximum absolute atomic E-state index is 5.37. The molecule has 3 aromatic rings. The number of rotatable bonds is 8. The van der Waals surface area contributed by atoms with E-state index in [0.29, 0.717) is 0 Å². The zero-order valence-corrected chi connectivity index (χ0v) is 15.2. The molecule has 25 heavy (non-hydrogen) atoms. The molecule has 1 heterocycles. The Morgan fingerprint density at radius 3 is 2.56 bits per heavy atom. The van der Waals surface area contributed by atoms with Crippen molar-refractivity contribution in [2.24, 2.45) is 0 Å². The highest BCUT2D eigenvalue weighted by atomic mass is 16.5. The van der Waals surface area contributed by atoms with E-state index in [-0.39, 0.29) is 0 Å². The first-order valence-electron chi connectivity index (χ1n) is 8.75. The average molecular weight is 338 g/mol. The first-order valence-corrected chi connectivity index (χ1v) is 8.75. The van der Waals surface area contributed by atoms with Gasteiger partial charge in [0.15, 0.2) is 11.5 Å². The van der Waals surface area contributed by atoms with Gasteiger partial charge in [0.1, 0.15) is 0 Å². The molecule has 0 aliphatic carbocycles. The lowest BCUT2D eigenvalue weighted by Gasteiger charge is -2.10. The number of aromatic nitrogens is 1. The summed E-state index contributed by atoms with van der Waals surface area (Å²) in [7, 11) is 3.33. The Bertz CT molecular complexity index is 839. The SMILES string of the molecule is CCn1cc(CNCCc2ccc(OC)c(OC)c2)c2ccccc21. The van der Waals surface area contributed by atoms with Gasteiger partial charge in [0.2, 0.25) is 0 Å². The molecule has 0 fully saturated rings. The van der Waals surface area contributed by atoms with Crippen LogP contribution in [0.4, 0.5) is 0 Å². The summed E-state index contributed by atoms with van der Waals surface area (Å²) in [5.41, 5.74) is 3.90. The number of para-hydroxylation sites is 1. The van der Waals surface area contributed by atoms with Crippen molar-refractivity contribution in [2.45, 2.75) is 26.4 Å². The van der Waals surface area contributed by atoms with Gasteiger partial charge in [-0.05, 0) is 49.2 Å². The van der Waals surface area contributed by atoms with E-state index >= 15 is 0 Å². The van der Waals surface area contributed by atoms with Crippen LogP contribution in [0.15, 0.2) is 48.7 Å². The summed E-state index contributed by atoms with van der Waals surface area (Å²) in [4.78, 5) is 0. The summed E-state index contributed by atoms with van der Waals surface area (Å²) in [5.74, 6) is 1.55. The third-order valence-electron chi connectivity index (χ3n) is 4.57. The highest BCUT2D eigenvalue weighted by molar-refractivity contribution is 5.83. The fraction of sp³-hybridized carbons (Fsp3) is 0.333. The summed E-state index contributed by atoms with van der Waals surface area (Å²) in [6.07, 6.45) is 3.21. The molecule has 0 radical (unpaired) electrons. The Balaban J connectivity index is 1.61. The Hall–Kier alpha value is -2.46. The van der Waals surface area contributed by atoms with Crippen molar-refractivity contribution >= 4 is 10.9 Å². The molecule has 0 saturated heterocycles. The minimum Gasteiger partial charge on any atom is -0.493 e. The lowest BCUT2D eigenvalue weighted by atomic mass is 10.1. The quantitative estimate of drug-likeness (QED) is 0.630. The molecule has 1 N–H and O–H groups in total. The summed E-state index contributed by atoms with van der Waals surface area (Å²) < 4.78 is 13.0. The molecule has 0 amide bonds. The Kier molecular flexibility index (Phi) is 5.61. The van der Waals surface area contributed by atoms with Crippen LogP contribution in [-0.4, -0.2) is 25.3 Å². The van der Waals surface area contributed by atoms with Crippen molar-refractivity contribution in [3.63, 3.8) is 0 Å². The summed E-state index contributed by atoms with van der Waals surface area (Å²) >= 11 is 0. The van der Waals surface area contributed by atoms with Gasteiger partial charge in [-0.15, -0.1) is 0 Å². The molecule has 4 nitrogen and oxygen atoms in total. The highest BCUT2D eigenvalue weighted by Crippen LogP contribution is 2.27. The average Bonchev–Trinajstić information content (AvgIpc) is 3.03. The summed E-state index contributed by atoms with van der Waals surface area (Å²) in [6, 6.07) is 14.7. The molecule has 132 valence electrons. The number of hydrogen-bond acceptors (Lipinski definition) is 3. The first-order chi connectivity index (χ1) is 12.3. The third kappa shape index (κ3) is 3.80. The zero-order valence-electron chi connectivity index (χ0n) is 15.2. The van der Waals surface area contributed by atoms with Crippen LogP contribution in [0.5, 0.6) is 11.5 Å². The smallest absolute Gasteiger partial charge is 0.160 e. The lowest BCUT2D eigenvalue weighted by Crippen LogP contribution is -2.16. The van der Waals surface area contributed by atoms with E-state index in [0.717, 1.165) is 37.6 Å². The predicted octanol–water partition coefficient (Wildman–Crippen LogP) is 4.01. The van der Waals surface area contributed by atoms with Gasteiger partial charge in [0.25, 0.3) is 0 Å². The Labute approximate surface area is 149 Å². The fourth-order valence-electron chi connectivity index (χ4n) is 3.22. The van der Waals surface area contributed by atoms with E-state index < -0.39 is 0 Å². The number of hydrogen-bond donors (Lipinski definition) is 1. The number of benzene rings is 2. The van der Waals surface area contributed by atoms with Crippen molar-refractivity contribution in [1.29, 1.82) is 0 Å². The second-order valence-electron chi connectivity index (χ2n) is 6.07. The van der Waals surface area contributed by atoms with Crippen molar-refractivity contribution in [1.82, 2.24) is 9.88 Å². The fourth-order valence-corrected chi connectivity index (χ4v) is 3.22. The number of nitrogens with zero attached hydrogens (tertiary/aromatic N) is 1. The monoisotopic (exact) mass is 338 g/mol. The Morgan fingerprint density at radius 2 is 1.80 bits per heavy atom. The normalized spacial score (nSPS) is 11.0. The largest absolute Gasteiger partial charge is 0.493 e. The molecular weight excluding hydrogens is 312 g/mol. The number of fused-ring (bicyclic) bond motifs is 1. The van der Waals surface area contributed by atoms with Crippen LogP contribution < -0.4 is 14.8 Å². The predicted molar refractivity (Wildman–Crippen MR) is 103 cm³/mol.